The fourth-order valence-electron chi connectivity index (χ4n) is 1.89. The van der Waals surface area contributed by atoms with Crippen LogP contribution >= 0.6 is 24.8 Å². The zero-order valence-corrected chi connectivity index (χ0v) is 21.6. The van der Waals surface area contributed by atoms with Gasteiger partial charge in [-0.25, -0.2) is 11.3 Å². The van der Waals surface area contributed by atoms with Gasteiger partial charge in [0.1, 0.15) is 5.75 Å². The Bertz CT molecular complexity index is 593. The van der Waals surface area contributed by atoms with E-state index in [1.54, 1.807) is 12.1 Å². The third-order valence-corrected chi connectivity index (χ3v) is 5.17. The zero-order valence-electron chi connectivity index (χ0n) is 17.4. The number of halogens is 2. The van der Waals surface area contributed by atoms with E-state index in [-0.39, 0.29) is 30.2 Å². The zero-order chi connectivity index (χ0) is 19.0. The van der Waals surface area contributed by atoms with Gasteiger partial charge in [0.2, 0.25) is 0 Å². The molecule has 0 atom stereocenters. The second kappa shape index (κ2) is 14.0. The molecular weight excluding hydrogens is 415 g/mol. The van der Waals surface area contributed by atoms with Crippen LogP contribution in [-0.4, -0.2) is 17.0 Å². The summed E-state index contributed by atoms with van der Waals surface area (Å²) in [5.41, 5.74) is 1.29. The average molecular weight is 450 g/mol. The molecule has 147 valence electrons. The van der Waals surface area contributed by atoms with Crippen molar-refractivity contribution in [2.24, 2.45) is 0 Å². The molecule has 0 saturated heterocycles. The van der Waals surface area contributed by atoms with Crippen molar-refractivity contribution in [1.82, 2.24) is 0 Å². The molecule has 0 aromatic heterocycles. The van der Waals surface area contributed by atoms with Crippen LogP contribution in [0.4, 0.5) is 0 Å². The van der Waals surface area contributed by atoms with Crippen LogP contribution in [0.25, 0.3) is 0 Å². The Balaban J connectivity index is -0.000000322. The van der Waals surface area contributed by atoms with Crippen LogP contribution < -0.4 is 0 Å². The van der Waals surface area contributed by atoms with E-state index in [0.717, 1.165) is 12.0 Å². The molecule has 1 aliphatic rings. The fraction of sp³-hybridized carbons (Fsp3) is 0.476. The normalized spacial score (nSPS) is 12.3. The summed E-state index contributed by atoms with van der Waals surface area (Å²) in [5.74, 6) is 0.345. The first-order valence-corrected chi connectivity index (χ1v) is 12.7. The number of phenolic OH excluding ortho intramolecular Hbond substituents is 1. The molecule has 0 heterocycles. The number of hydrogen-bond acceptors (Lipinski definition) is 1. The average Bonchev–Trinajstić information content (AvgIpc) is 2.91. The SMILES string of the molecule is CC(C)(C)c1cccc(O)c1.C[C](C)=[Ti+].C[Si](C)(C)C1=[C-]CC=C1.Cl.Cl. The van der Waals surface area contributed by atoms with Crippen molar-refractivity contribution in [3.63, 3.8) is 0 Å². The molecule has 0 bridgehead atoms. The minimum absolute atomic E-state index is 0. The predicted molar refractivity (Wildman–Crippen MR) is 122 cm³/mol. The van der Waals surface area contributed by atoms with Gasteiger partial charge in [0, 0.05) is 8.07 Å². The topological polar surface area (TPSA) is 20.2 Å². The first kappa shape index (κ1) is 30.6. The van der Waals surface area contributed by atoms with Gasteiger partial charge in [-0.1, -0.05) is 52.5 Å². The van der Waals surface area contributed by atoms with Crippen LogP contribution in [0.1, 0.15) is 46.6 Å². The number of aromatic hydroxyl groups is 1. The van der Waals surface area contributed by atoms with Gasteiger partial charge in [0.25, 0.3) is 0 Å². The van der Waals surface area contributed by atoms with Gasteiger partial charge in [-0.05, 0) is 23.1 Å². The Morgan fingerprint density at radius 2 is 1.62 bits per heavy atom. The minimum atomic E-state index is -1.01. The van der Waals surface area contributed by atoms with Crippen LogP contribution in [0, 0.1) is 6.08 Å². The third-order valence-electron chi connectivity index (χ3n) is 3.22. The van der Waals surface area contributed by atoms with Gasteiger partial charge in [0.05, 0.1) is 0 Å². The van der Waals surface area contributed by atoms with Crippen molar-refractivity contribution in [3.8, 4) is 5.75 Å². The van der Waals surface area contributed by atoms with Crippen molar-refractivity contribution < 1.29 is 25.1 Å². The summed E-state index contributed by atoms with van der Waals surface area (Å²) in [6.07, 6.45) is 8.82. The van der Waals surface area contributed by atoms with E-state index in [9.17, 15) is 5.11 Å². The van der Waals surface area contributed by atoms with Gasteiger partial charge < -0.3 is 5.11 Å². The molecule has 1 aromatic carbocycles. The molecule has 5 heteroatoms. The first-order chi connectivity index (χ1) is 10.8. The van der Waals surface area contributed by atoms with Crippen LogP contribution in [0.3, 0.4) is 0 Å². The second-order valence-corrected chi connectivity index (χ2v) is 14.8. The molecule has 26 heavy (non-hydrogen) atoms. The molecule has 1 aliphatic carbocycles. The molecule has 0 radical (unpaired) electrons. The van der Waals surface area contributed by atoms with E-state index in [2.05, 4.69) is 92.5 Å². The van der Waals surface area contributed by atoms with Crippen molar-refractivity contribution in [3.05, 3.63) is 53.3 Å². The molecule has 1 aromatic rings. The number of benzene rings is 1. The largest absolute Gasteiger partial charge is 0.274 e. The van der Waals surface area contributed by atoms with E-state index in [1.165, 1.54) is 9.01 Å². The van der Waals surface area contributed by atoms with Crippen LogP contribution in [0.15, 0.2) is 41.6 Å². The number of hydrogen-bond donors (Lipinski definition) is 1. The molecule has 1 N–H and O–H groups in total. The maximum Gasteiger partial charge on any atom is 0.0393 e. The van der Waals surface area contributed by atoms with Gasteiger partial charge in [-0.15, -0.1) is 31.2 Å². The van der Waals surface area contributed by atoms with E-state index in [1.807, 2.05) is 12.1 Å². The van der Waals surface area contributed by atoms with E-state index in [4.69, 9.17) is 0 Å². The smallest absolute Gasteiger partial charge is 0.0393 e. The fourth-order valence-corrected chi connectivity index (χ4v) is 3.14. The van der Waals surface area contributed by atoms with Crippen molar-refractivity contribution in [1.29, 1.82) is 0 Å². The molecule has 0 fully saturated rings. The number of allylic oxidation sites excluding steroid dienone is 4. The first-order valence-electron chi connectivity index (χ1n) is 8.43. The van der Waals surface area contributed by atoms with E-state index in [0.29, 0.717) is 5.75 Å². The second-order valence-electron chi connectivity index (χ2n) is 8.25. The van der Waals surface area contributed by atoms with E-state index < -0.39 is 8.07 Å². The van der Waals surface area contributed by atoms with Gasteiger partial charge in [-0.2, -0.15) is 6.08 Å². The monoisotopic (exact) mass is 449 g/mol. The Morgan fingerprint density at radius 1 is 1.12 bits per heavy atom. The molecule has 2 rings (SSSR count). The van der Waals surface area contributed by atoms with Crippen molar-refractivity contribution >= 4 is 36.7 Å². The maximum absolute atomic E-state index is 9.18. The summed E-state index contributed by atoms with van der Waals surface area (Å²) < 4.78 is 1.42. The van der Waals surface area contributed by atoms with E-state index >= 15 is 0 Å². The summed E-state index contributed by atoms with van der Waals surface area (Å²) >= 11 is 2.08. The van der Waals surface area contributed by atoms with Crippen molar-refractivity contribution in [2.45, 2.75) is 66.1 Å². The quantitative estimate of drug-likeness (QED) is 0.367. The van der Waals surface area contributed by atoms with Gasteiger partial charge in [0.15, 0.2) is 0 Å². The molecule has 0 amide bonds. The molecule has 1 nitrogen and oxygen atoms in total. The summed E-state index contributed by atoms with van der Waals surface area (Å²) in [5, 5.41) is 10.7. The minimum Gasteiger partial charge on any atom is -0.274 e. The van der Waals surface area contributed by atoms with Gasteiger partial charge in [-0.3, -0.25) is 6.08 Å². The molecule has 0 spiro atoms. The Morgan fingerprint density at radius 3 is 1.85 bits per heavy atom. The van der Waals surface area contributed by atoms with Crippen LogP contribution in [-0.2, 0) is 25.4 Å². The van der Waals surface area contributed by atoms with Crippen LogP contribution in [0.5, 0.6) is 5.75 Å². The summed E-state index contributed by atoms with van der Waals surface area (Å²) in [4.78, 5) is 0. The number of phenols is 1. The summed E-state index contributed by atoms with van der Waals surface area (Å²) in [7, 11) is -1.01. The number of rotatable bonds is 1. The standard InChI is InChI=1S/C10H14O.C8H13Si.C3H6.2ClH.Ti/c1-10(2,3)8-5-4-6-9(11)7-8;1-9(2,3)8-6-4-5-7-8;1-3-2;;;/h4-7,11H,1-3H3;4,6H,5H2,1-3H3;1-2H3;2*1H;/q;-1;;;;+1. The Kier molecular flexibility index (Phi) is 16.4. The Hall–Kier alpha value is -0.119. The Labute approximate surface area is 186 Å². The third kappa shape index (κ3) is 15.0. The summed E-state index contributed by atoms with van der Waals surface area (Å²) in [6, 6.07) is 7.39. The van der Waals surface area contributed by atoms with Crippen molar-refractivity contribution in [2.75, 3.05) is 0 Å². The molecule has 0 aliphatic heterocycles. The summed E-state index contributed by atoms with van der Waals surface area (Å²) in [6.45, 7) is 17.6. The van der Waals surface area contributed by atoms with Crippen LogP contribution in [0.2, 0.25) is 19.6 Å². The molecular formula is C21H35Cl2OSiTi. The van der Waals surface area contributed by atoms with Gasteiger partial charge >= 0.3 is 37.6 Å². The predicted octanol–water partition coefficient (Wildman–Crippen LogP) is 6.83. The maximum atomic E-state index is 9.18. The molecule has 0 saturated carbocycles. The molecule has 0 unspecified atom stereocenters.